The summed E-state index contributed by atoms with van der Waals surface area (Å²) < 4.78 is 0. The molecular weight excluding hydrogens is 258 g/mol. The van der Waals surface area contributed by atoms with E-state index in [4.69, 9.17) is 5.11 Å². The maximum Gasteiger partial charge on any atom is 0.326 e. The Hall–Kier alpha value is -2.24. The lowest BCUT2D eigenvalue weighted by Crippen LogP contribution is -2.43. The van der Waals surface area contributed by atoms with Gasteiger partial charge in [0.25, 0.3) is 0 Å². The van der Waals surface area contributed by atoms with E-state index in [1.54, 1.807) is 6.07 Å². The van der Waals surface area contributed by atoms with Gasteiger partial charge in [-0.25, -0.2) is 9.59 Å². The van der Waals surface area contributed by atoms with Crippen LogP contribution >= 0.6 is 0 Å². The fourth-order valence-corrected chi connectivity index (χ4v) is 1.83. The lowest BCUT2D eigenvalue weighted by molar-refractivity contribution is -0.139. The first-order valence-electron chi connectivity index (χ1n) is 6.52. The zero-order valence-corrected chi connectivity index (χ0v) is 12.0. The van der Waals surface area contributed by atoms with Crippen molar-refractivity contribution in [1.82, 2.24) is 5.32 Å². The largest absolute Gasteiger partial charge is 0.480 e. The van der Waals surface area contributed by atoms with Gasteiger partial charge in [0.2, 0.25) is 0 Å². The number of amides is 2. The van der Waals surface area contributed by atoms with E-state index in [1.165, 1.54) is 0 Å². The first-order chi connectivity index (χ1) is 9.45. The average Bonchev–Trinajstić information content (AvgIpc) is 2.38. The molecule has 0 aromatic heterocycles. The molecule has 0 aliphatic heterocycles. The molecule has 0 aliphatic rings. The van der Waals surface area contributed by atoms with Crippen LogP contribution in [0.25, 0.3) is 0 Å². The SMILES string of the molecule is CCC[C@@H](NC(=O)Nc1ccccc1N(C)C)C(=O)O. The summed E-state index contributed by atoms with van der Waals surface area (Å²) in [6, 6.07) is 5.94. The molecule has 110 valence electrons. The van der Waals surface area contributed by atoms with Crippen LogP contribution in [-0.4, -0.2) is 37.2 Å². The number of carbonyl (C=O) groups excluding carboxylic acids is 1. The summed E-state index contributed by atoms with van der Waals surface area (Å²) in [7, 11) is 3.74. The van der Waals surface area contributed by atoms with Crippen molar-refractivity contribution in [2.45, 2.75) is 25.8 Å². The molecule has 2 amide bonds. The van der Waals surface area contributed by atoms with Crippen molar-refractivity contribution < 1.29 is 14.7 Å². The smallest absolute Gasteiger partial charge is 0.326 e. The van der Waals surface area contributed by atoms with Crippen molar-refractivity contribution in [3.05, 3.63) is 24.3 Å². The second-order valence-corrected chi connectivity index (χ2v) is 4.69. The van der Waals surface area contributed by atoms with Gasteiger partial charge in [-0.05, 0) is 18.6 Å². The predicted molar refractivity (Wildman–Crippen MR) is 79.3 cm³/mol. The monoisotopic (exact) mass is 279 g/mol. The number of anilines is 2. The number of carboxylic acid groups (broad SMARTS) is 1. The summed E-state index contributed by atoms with van der Waals surface area (Å²) in [5.41, 5.74) is 1.49. The molecule has 1 aromatic carbocycles. The van der Waals surface area contributed by atoms with Gasteiger partial charge in [0.1, 0.15) is 6.04 Å². The minimum Gasteiger partial charge on any atom is -0.480 e. The predicted octanol–water partition coefficient (Wildman–Crippen LogP) is 2.13. The van der Waals surface area contributed by atoms with Crippen molar-refractivity contribution in [1.29, 1.82) is 0 Å². The van der Waals surface area contributed by atoms with Gasteiger partial charge in [-0.15, -0.1) is 0 Å². The molecule has 0 heterocycles. The van der Waals surface area contributed by atoms with Crippen molar-refractivity contribution in [3.63, 3.8) is 0 Å². The van der Waals surface area contributed by atoms with Gasteiger partial charge >= 0.3 is 12.0 Å². The van der Waals surface area contributed by atoms with E-state index in [1.807, 2.05) is 44.1 Å². The van der Waals surface area contributed by atoms with Gasteiger partial charge in [-0.3, -0.25) is 0 Å². The van der Waals surface area contributed by atoms with Crippen LogP contribution in [0.4, 0.5) is 16.2 Å². The zero-order chi connectivity index (χ0) is 15.1. The molecule has 0 fully saturated rings. The molecule has 0 radical (unpaired) electrons. The molecule has 3 N–H and O–H groups in total. The first kappa shape index (κ1) is 15.8. The number of hydrogen-bond donors (Lipinski definition) is 3. The molecule has 0 saturated heterocycles. The third-order valence-electron chi connectivity index (χ3n) is 2.81. The fourth-order valence-electron chi connectivity index (χ4n) is 1.83. The summed E-state index contributed by atoms with van der Waals surface area (Å²) in [6.07, 6.45) is 1.09. The molecule has 0 unspecified atom stereocenters. The zero-order valence-electron chi connectivity index (χ0n) is 12.0. The second kappa shape index (κ2) is 7.37. The number of aliphatic carboxylic acids is 1. The van der Waals surface area contributed by atoms with Gasteiger partial charge in [-0.1, -0.05) is 25.5 Å². The van der Waals surface area contributed by atoms with Crippen molar-refractivity contribution in [3.8, 4) is 0 Å². The summed E-state index contributed by atoms with van der Waals surface area (Å²) in [5, 5.41) is 14.2. The summed E-state index contributed by atoms with van der Waals surface area (Å²) in [5.74, 6) is -1.03. The van der Waals surface area contributed by atoms with Gasteiger partial charge in [0, 0.05) is 14.1 Å². The molecule has 1 atom stereocenters. The Labute approximate surface area is 118 Å². The molecule has 1 rings (SSSR count). The number of nitrogens with zero attached hydrogens (tertiary/aromatic N) is 1. The number of hydrogen-bond acceptors (Lipinski definition) is 3. The minimum atomic E-state index is -1.03. The highest BCUT2D eigenvalue weighted by Gasteiger charge is 2.19. The topological polar surface area (TPSA) is 81.7 Å². The van der Waals surface area contributed by atoms with Crippen LogP contribution in [0.2, 0.25) is 0 Å². The van der Waals surface area contributed by atoms with Gasteiger partial charge in [0.05, 0.1) is 11.4 Å². The number of urea groups is 1. The summed E-state index contributed by atoms with van der Waals surface area (Å²) in [6.45, 7) is 1.87. The normalized spacial score (nSPS) is 11.6. The first-order valence-corrected chi connectivity index (χ1v) is 6.52. The highest BCUT2D eigenvalue weighted by molar-refractivity contribution is 5.95. The summed E-state index contributed by atoms with van der Waals surface area (Å²) in [4.78, 5) is 24.7. The second-order valence-electron chi connectivity index (χ2n) is 4.69. The van der Waals surface area contributed by atoms with Gasteiger partial charge in [-0.2, -0.15) is 0 Å². The molecule has 1 aromatic rings. The van der Waals surface area contributed by atoms with Crippen LogP contribution in [0.15, 0.2) is 24.3 Å². The van der Waals surface area contributed by atoms with E-state index >= 15 is 0 Å². The highest BCUT2D eigenvalue weighted by Crippen LogP contribution is 2.23. The Kier molecular flexibility index (Phi) is 5.83. The molecule has 6 nitrogen and oxygen atoms in total. The lowest BCUT2D eigenvalue weighted by Gasteiger charge is -2.19. The quantitative estimate of drug-likeness (QED) is 0.745. The van der Waals surface area contributed by atoms with E-state index in [9.17, 15) is 9.59 Å². The molecule has 0 spiro atoms. The Bertz CT molecular complexity index is 474. The average molecular weight is 279 g/mol. The van der Waals surface area contributed by atoms with Crippen molar-refractivity contribution in [2.24, 2.45) is 0 Å². The Morgan fingerprint density at radius 1 is 1.30 bits per heavy atom. The highest BCUT2D eigenvalue weighted by atomic mass is 16.4. The van der Waals surface area contributed by atoms with E-state index in [-0.39, 0.29) is 0 Å². The van der Waals surface area contributed by atoms with Crippen LogP contribution in [-0.2, 0) is 4.79 Å². The van der Waals surface area contributed by atoms with E-state index in [2.05, 4.69) is 10.6 Å². The standard InChI is InChI=1S/C14H21N3O3/c1-4-7-11(13(18)19)16-14(20)15-10-8-5-6-9-12(10)17(2)3/h5-6,8-9,11H,4,7H2,1-3H3,(H,18,19)(H2,15,16,20)/t11-/m1/s1. The Morgan fingerprint density at radius 3 is 2.50 bits per heavy atom. The number of carboxylic acids is 1. The number of para-hydroxylation sites is 2. The fraction of sp³-hybridized carbons (Fsp3) is 0.429. The molecular formula is C14H21N3O3. The van der Waals surface area contributed by atoms with Crippen molar-refractivity contribution >= 4 is 23.4 Å². The molecule has 0 bridgehead atoms. The van der Waals surface area contributed by atoms with Crippen LogP contribution in [0.3, 0.4) is 0 Å². The number of carbonyl (C=O) groups is 2. The van der Waals surface area contributed by atoms with Crippen LogP contribution in [0, 0.1) is 0 Å². The van der Waals surface area contributed by atoms with Crippen molar-refractivity contribution in [2.75, 3.05) is 24.3 Å². The number of nitrogens with one attached hydrogen (secondary N) is 2. The summed E-state index contributed by atoms with van der Waals surface area (Å²) >= 11 is 0. The molecule has 20 heavy (non-hydrogen) atoms. The lowest BCUT2D eigenvalue weighted by atomic mass is 10.2. The Morgan fingerprint density at radius 2 is 1.95 bits per heavy atom. The third kappa shape index (κ3) is 4.46. The van der Waals surface area contributed by atoms with Crippen LogP contribution in [0.1, 0.15) is 19.8 Å². The maximum atomic E-state index is 11.9. The molecule has 6 heteroatoms. The van der Waals surface area contributed by atoms with E-state index in [0.29, 0.717) is 18.5 Å². The van der Waals surface area contributed by atoms with Crippen LogP contribution in [0.5, 0.6) is 0 Å². The molecule has 0 aliphatic carbocycles. The van der Waals surface area contributed by atoms with Crippen LogP contribution < -0.4 is 15.5 Å². The van der Waals surface area contributed by atoms with E-state index in [0.717, 1.165) is 5.69 Å². The Balaban J connectivity index is 2.73. The number of rotatable bonds is 6. The van der Waals surface area contributed by atoms with E-state index < -0.39 is 18.0 Å². The maximum absolute atomic E-state index is 11.9. The number of benzene rings is 1. The van der Waals surface area contributed by atoms with Gasteiger partial charge in [0.15, 0.2) is 0 Å². The molecule has 0 saturated carbocycles. The van der Waals surface area contributed by atoms with Gasteiger partial charge < -0.3 is 20.6 Å². The minimum absolute atomic E-state index is 0.401. The third-order valence-corrected chi connectivity index (χ3v) is 2.81.